The van der Waals surface area contributed by atoms with Crippen LogP contribution >= 0.6 is 11.3 Å². The molecule has 6 heteroatoms. The second kappa shape index (κ2) is 9.15. The van der Waals surface area contributed by atoms with E-state index in [9.17, 15) is 0 Å². The van der Waals surface area contributed by atoms with Crippen molar-refractivity contribution in [2.75, 3.05) is 19.1 Å². The average molecular weight is 333 g/mol. The van der Waals surface area contributed by atoms with E-state index in [1.807, 2.05) is 30.5 Å². The van der Waals surface area contributed by atoms with Crippen LogP contribution in [0.15, 0.2) is 28.7 Å². The third kappa shape index (κ3) is 5.56. The van der Waals surface area contributed by atoms with Crippen molar-refractivity contribution in [1.29, 1.82) is 0 Å². The summed E-state index contributed by atoms with van der Waals surface area (Å²) in [4.78, 5) is 4.29. The van der Waals surface area contributed by atoms with Gasteiger partial charge < -0.3 is 9.47 Å². The maximum absolute atomic E-state index is 5.82. The molecule has 1 aromatic heterocycles. The molecule has 124 valence electrons. The summed E-state index contributed by atoms with van der Waals surface area (Å²) in [5.41, 5.74) is 4.85. The van der Waals surface area contributed by atoms with Crippen molar-refractivity contribution in [1.82, 2.24) is 4.98 Å². The summed E-state index contributed by atoms with van der Waals surface area (Å²) in [6, 6.07) is 5.77. The van der Waals surface area contributed by atoms with E-state index in [2.05, 4.69) is 22.4 Å². The van der Waals surface area contributed by atoms with Crippen LogP contribution in [0.5, 0.6) is 11.5 Å². The molecule has 0 radical (unpaired) electrons. The molecule has 0 aliphatic carbocycles. The number of hydrazone groups is 1. The molecule has 5 nitrogen and oxygen atoms in total. The summed E-state index contributed by atoms with van der Waals surface area (Å²) in [6.07, 6.45) is 5.13. The van der Waals surface area contributed by atoms with Gasteiger partial charge in [0.05, 0.1) is 25.6 Å². The van der Waals surface area contributed by atoms with Gasteiger partial charge in [-0.1, -0.05) is 19.8 Å². The molecule has 0 bridgehead atoms. The molecule has 2 aromatic rings. The van der Waals surface area contributed by atoms with Crippen LogP contribution in [-0.2, 0) is 0 Å². The number of nitrogens with one attached hydrogen (secondary N) is 1. The Morgan fingerprint density at radius 2 is 2.17 bits per heavy atom. The quantitative estimate of drug-likeness (QED) is 0.418. The van der Waals surface area contributed by atoms with Gasteiger partial charge in [-0.2, -0.15) is 5.10 Å². The van der Waals surface area contributed by atoms with Crippen LogP contribution in [-0.4, -0.2) is 24.9 Å². The molecule has 0 saturated heterocycles. The van der Waals surface area contributed by atoms with Crippen LogP contribution in [0, 0.1) is 6.92 Å². The molecule has 2 rings (SSSR count). The first-order valence-corrected chi connectivity index (χ1v) is 8.63. The summed E-state index contributed by atoms with van der Waals surface area (Å²) in [6.45, 7) is 4.83. The maximum atomic E-state index is 5.82. The lowest BCUT2D eigenvalue weighted by atomic mass is 10.2. The number of benzene rings is 1. The zero-order valence-electron chi connectivity index (χ0n) is 13.8. The van der Waals surface area contributed by atoms with Gasteiger partial charge in [0.15, 0.2) is 11.5 Å². The first-order chi connectivity index (χ1) is 11.2. The lowest BCUT2D eigenvalue weighted by molar-refractivity contribution is 0.286. The summed E-state index contributed by atoms with van der Waals surface area (Å²) in [7, 11) is 1.65. The van der Waals surface area contributed by atoms with Crippen molar-refractivity contribution in [2.45, 2.75) is 33.1 Å². The average Bonchev–Trinajstić information content (AvgIpc) is 2.97. The maximum Gasteiger partial charge on any atom is 0.203 e. The first-order valence-electron chi connectivity index (χ1n) is 7.75. The highest BCUT2D eigenvalue weighted by atomic mass is 32.1. The molecular formula is C17H23N3O2S. The Kier molecular flexibility index (Phi) is 6.87. The Balaban J connectivity index is 1.98. The third-order valence-electron chi connectivity index (χ3n) is 3.19. The Hall–Kier alpha value is -2.08. The summed E-state index contributed by atoms with van der Waals surface area (Å²) < 4.78 is 11.2. The topological polar surface area (TPSA) is 55.7 Å². The molecule has 0 amide bonds. The normalized spacial score (nSPS) is 10.9. The molecule has 0 unspecified atom stereocenters. The second-order valence-corrected chi connectivity index (χ2v) is 5.99. The Bertz CT molecular complexity index is 641. The zero-order valence-corrected chi connectivity index (χ0v) is 14.7. The number of hydrogen-bond donors (Lipinski definition) is 1. The predicted octanol–water partition coefficient (Wildman–Crippen LogP) is 4.48. The molecule has 0 spiro atoms. The van der Waals surface area contributed by atoms with Gasteiger partial charge in [-0.3, -0.25) is 5.43 Å². The summed E-state index contributed by atoms with van der Waals surface area (Å²) >= 11 is 1.53. The van der Waals surface area contributed by atoms with Crippen LogP contribution < -0.4 is 14.9 Å². The van der Waals surface area contributed by atoms with Crippen LogP contribution in [0.25, 0.3) is 0 Å². The van der Waals surface area contributed by atoms with E-state index in [1.165, 1.54) is 24.2 Å². The first kappa shape index (κ1) is 17.3. The molecule has 0 atom stereocenters. The van der Waals surface area contributed by atoms with Crippen molar-refractivity contribution < 1.29 is 9.47 Å². The Morgan fingerprint density at radius 3 is 2.87 bits per heavy atom. The second-order valence-electron chi connectivity index (χ2n) is 5.13. The highest BCUT2D eigenvalue weighted by molar-refractivity contribution is 7.13. The van der Waals surface area contributed by atoms with E-state index in [0.717, 1.165) is 34.3 Å². The fourth-order valence-electron chi connectivity index (χ4n) is 1.99. The molecule has 1 aromatic carbocycles. The van der Waals surface area contributed by atoms with Crippen LogP contribution in [0.4, 0.5) is 5.13 Å². The van der Waals surface area contributed by atoms with Crippen molar-refractivity contribution in [3.05, 3.63) is 34.8 Å². The van der Waals surface area contributed by atoms with E-state index in [4.69, 9.17) is 9.47 Å². The number of ether oxygens (including phenoxy) is 2. The number of nitrogens with zero attached hydrogens (tertiary/aromatic N) is 2. The smallest absolute Gasteiger partial charge is 0.203 e. The van der Waals surface area contributed by atoms with Crippen LogP contribution in [0.2, 0.25) is 0 Å². The lowest BCUT2D eigenvalue weighted by Crippen LogP contribution is -2.00. The number of thiazole rings is 1. The van der Waals surface area contributed by atoms with E-state index in [0.29, 0.717) is 6.61 Å². The third-order valence-corrected chi connectivity index (χ3v) is 4.05. The standard InChI is InChI=1S/C17H23N3O2S/c1-4-5-6-9-22-16-10-14(7-8-15(16)21-3)11-18-20-17-19-13(2)12-23-17/h7-8,10-12H,4-6,9H2,1-3H3,(H,19,20). The highest BCUT2D eigenvalue weighted by Crippen LogP contribution is 2.27. The Morgan fingerprint density at radius 1 is 1.30 bits per heavy atom. The highest BCUT2D eigenvalue weighted by Gasteiger charge is 2.05. The van der Waals surface area contributed by atoms with Crippen molar-refractivity contribution >= 4 is 22.7 Å². The number of aryl methyl sites for hydroxylation is 1. The predicted molar refractivity (Wildman–Crippen MR) is 96.1 cm³/mol. The zero-order chi connectivity index (χ0) is 16.5. The van der Waals surface area contributed by atoms with Crippen LogP contribution in [0.1, 0.15) is 37.4 Å². The van der Waals surface area contributed by atoms with Gasteiger partial charge in [-0.15, -0.1) is 11.3 Å². The number of unbranched alkanes of at least 4 members (excludes halogenated alkanes) is 2. The van der Waals surface area contributed by atoms with Gasteiger partial charge in [-0.05, 0) is 37.1 Å². The number of aromatic nitrogens is 1. The number of anilines is 1. The fraction of sp³-hybridized carbons (Fsp3) is 0.412. The van der Waals surface area contributed by atoms with Crippen molar-refractivity contribution in [2.24, 2.45) is 5.10 Å². The van der Waals surface area contributed by atoms with E-state index in [1.54, 1.807) is 13.3 Å². The number of methoxy groups -OCH3 is 1. The monoisotopic (exact) mass is 333 g/mol. The summed E-state index contributed by atoms with van der Waals surface area (Å²) in [5, 5.41) is 6.97. The van der Waals surface area contributed by atoms with Gasteiger partial charge in [-0.25, -0.2) is 4.98 Å². The van der Waals surface area contributed by atoms with Crippen molar-refractivity contribution in [3.63, 3.8) is 0 Å². The summed E-state index contributed by atoms with van der Waals surface area (Å²) in [5.74, 6) is 1.49. The molecule has 0 aliphatic heterocycles. The number of hydrogen-bond acceptors (Lipinski definition) is 6. The van der Waals surface area contributed by atoms with Gasteiger partial charge in [0.2, 0.25) is 5.13 Å². The molecule has 0 fully saturated rings. The van der Waals surface area contributed by atoms with Crippen LogP contribution in [0.3, 0.4) is 0 Å². The van der Waals surface area contributed by atoms with E-state index < -0.39 is 0 Å². The SMILES string of the molecule is CCCCCOc1cc(C=NNc2nc(C)cs2)ccc1OC. The van der Waals surface area contributed by atoms with Gasteiger partial charge >= 0.3 is 0 Å². The lowest BCUT2D eigenvalue weighted by Gasteiger charge is -2.11. The molecule has 1 N–H and O–H groups in total. The van der Waals surface area contributed by atoms with E-state index >= 15 is 0 Å². The van der Waals surface area contributed by atoms with Crippen molar-refractivity contribution in [3.8, 4) is 11.5 Å². The van der Waals surface area contributed by atoms with Gasteiger partial charge in [0.1, 0.15) is 0 Å². The minimum absolute atomic E-state index is 0.696. The van der Waals surface area contributed by atoms with Gasteiger partial charge in [0.25, 0.3) is 0 Å². The molecule has 1 heterocycles. The molecule has 0 aliphatic rings. The molecular weight excluding hydrogens is 310 g/mol. The molecule has 23 heavy (non-hydrogen) atoms. The Labute approximate surface area is 141 Å². The fourth-order valence-corrected chi connectivity index (χ4v) is 2.62. The number of rotatable bonds is 9. The van der Waals surface area contributed by atoms with E-state index in [-0.39, 0.29) is 0 Å². The largest absolute Gasteiger partial charge is 0.493 e. The van der Waals surface area contributed by atoms with Gasteiger partial charge in [0, 0.05) is 5.38 Å². The molecule has 0 saturated carbocycles. The minimum Gasteiger partial charge on any atom is -0.493 e. The minimum atomic E-state index is 0.696.